The second kappa shape index (κ2) is 5.09. The molecular formula is C11H11F2NO3. The largest absolute Gasteiger partial charge is 0.434 e. The molecule has 1 saturated heterocycles. The Hall–Kier alpha value is -1.69. The van der Waals surface area contributed by atoms with Gasteiger partial charge in [-0.3, -0.25) is 4.79 Å². The first kappa shape index (κ1) is 11.8. The molecule has 0 aromatic heterocycles. The Morgan fingerprint density at radius 1 is 1.41 bits per heavy atom. The number of amides is 1. The Kier molecular flexibility index (Phi) is 3.53. The van der Waals surface area contributed by atoms with Crippen molar-refractivity contribution < 1.29 is 23.0 Å². The summed E-state index contributed by atoms with van der Waals surface area (Å²) >= 11 is 0. The number of ether oxygens (including phenoxy) is 2. The van der Waals surface area contributed by atoms with E-state index in [9.17, 15) is 13.6 Å². The number of benzene rings is 1. The van der Waals surface area contributed by atoms with Gasteiger partial charge in [-0.15, -0.1) is 0 Å². The molecule has 1 aromatic rings. The number of halogens is 2. The maximum absolute atomic E-state index is 12.2. The summed E-state index contributed by atoms with van der Waals surface area (Å²) in [6, 6.07) is 6.39. The monoisotopic (exact) mass is 243 g/mol. The zero-order chi connectivity index (χ0) is 12.3. The van der Waals surface area contributed by atoms with E-state index in [2.05, 4.69) is 10.1 Å². The highest BCUT2D eigenvalue weighted by Gasteiger charge is 2.23. The molecule has 92 valence electrons. The Morgan fingerprint density at radius 2 is 2.18 bits per heavy atom. The number of carbonyl (C=O) groups excluding carboxylic acids is 1. The van der Waals surface area contributed by atoms with Gasteiger partial charge < -0.3 is 14.8 Å². The topological polar surface area (TPSA) is 47.6 Å². The number of para-hydroxylation sites is 1. The van der Waals surface area contributed by atoms with E-state index in [0.29, 0.717) is 5.56 Å². The molecule has 1 N–H and O–H groups in total. The van der Waals surface area contributed by atoms with Crippen molar-refractivity contribution in [1.82, 2.24) is 5.32 Å². The fourth-order valence-electron chi connectivity index (χ4n) is 1.64. The second-order valence-electron chi connectivity index (χ2n) is 3.52. The van der Waals surface area contributed by atoms with Crippen LogP contribution < -0.4 is 10.1 Å². The number of morpholine rings is 1. The molecule has 1 heterocycles. The summed E-state index contributed by atoms with van der Waals surface area (Å²) in [6.45, 7) is -2.70. The molecule has 0 saturated carbocycles. The van der Waals surface area contributed by atoms with Crippen molar-refractivity contribution in [1.29, 1.82) is 0 Å². The maximum Gasteiger partial charge on any atom is 0.387 e. The lowest BCUT2D eigenvalue weighted by molar-refractivity contribution is -0.133. The van der Waals surface area contributed by atoms with Crippen LogP contribution in [-0.4, -0.2) is 25.7 Å². The van der Waals surface area contributed by atoms with Crippen molar-refractivity contribution in [2.24, 2.45) is 0 Å². The number of alkyl halides is 2. The molecule has 4 nitrogen and oxygen atoms in total. The van der Waals surface area contributed by atoms with Crippen LogP contribution in [0.25, 0.3) is 0 Å². The van der Waals surface area contributed by atoms with Crippen LogP contribution in [0.15, 0.2) is 24.3 Å². The first-order valence-corrected chi connectivity index (χ1v) is 5.09. The van der Waals surface area contributed by atoms with Crippen LogP contribution in [0.4, 0.5) is 8.78 Å². The number of rotatable bonds is 3. The number of hydrogen-bond acceptors (Lipinski definition) is 3. The van der Waals surface area contributed by atoms with E-state index in [0.717, 1.165) is 0 Å². The average molecular weight is 243 g/mol. The van der Waals surface area contributed by atoms with E-state index >= 15 is 0 Å². The molecule has 0 bridgehead atoms. The summed E-state index contributed by atoms with van der Waals surface area (Å²) in [5.41, 5.74) is 0.507. The summed E-state index contributed by atoms with van der Waals surface area (Å²) in [7, 11) is 0. The lowest BCUT2D eigenvalue weighted by atomic mass is 10.1. The smallest absolute Gasteiger partial charge is 0.387 e. The fourth-order valence-corrected chi connectivity index (χ4v) is 1.64. The third kappa shape index (κ3) is 2.91. The summed E-state index contributed by atoms with van der Waals surface area (Å²) in [6.07, 6.45) is -0.456. The number of carbonyl (C=O) groups is 1. The van der Waals surface area contributed by atoms with Crippen LogP contribution in [0.3, 0.4) is 0 Å². The predicted molar refractivity (Wildman–Crippen MR) is 54.8 cm³/mol. The third-order valence-corrected chi connectivity index (χ3v) is 2.38. The minimum atomic E-state index is -2.88. The lowest BCUT2D eigenvalue weighted by Crippen LogP contribution is -2.38. The van der Waals surface area contributed by atoms with Crippen LogP contribution in [0.1, 0.15) is 11.7 Å². The highest BCUT2D eigenvalue weighted by atomic mass is 19.3. The molecule has 1 amide bonds. The van der Waals surface area contributed by atoms with Crippen molar-refractivity contribution in [2.75, 3.05) is 13.2 Å². The van der Waals surface area contributed by atoms with Gasteiger partial charge in [0.1, 0.15) is 18.5 Å². The van der Waals surface area contributed by atoms with Gasteiger partial charge in [0.2, 0.25) is 5.91 Å². The molecule has 2 rings (SSSR count). The number of nitrogens with one attached hydrogen (secondary N) is 1. The summed E-state index contributed by atoms with van der Waals surface area (Å²) < 4.78 is 34.1. The van der Waals surface area contributed by atoms with Gasteiger partial charge in [-0.2, -0.15) is 8.78 Å². The number of hydrogen-bond donors (Lipinski definition) is 1. The van der Waals surface area contributed by atoms with Gasteiger partial charge in [-0.25, -0.2) is 0 Å². The maximum atomic E-state index is 12.2. The van der Waals surface area contributed by atoms with Gasteiger partial charge in [0.25, 0.3) is 0 Å². The molecule has 1 aromatic carbocycles. The Morgan fingerprint density at radius 3 is 2.82 bits per heavy atom. The zero-order valence-electron chi connectivity index (χ0n) is 8.86. The van der Waals surface area contributed by atoms with E-state index in [1.54, 1.807) is 18.2 Å². The molecular weight excluding hydrogens is 232 g/mol. The molecule has 1 fully saturated rings. The highest BCUT2D eigenvalue weighted by Crippen LogP contribution is 2.29. The van der Waals surface area contributed by atoms with Gasteiger partial charge in [0, 0.05) is 12.1 Å². The minimum Gasteiger partial charge on any atom is -0.434 e. The molecule has 0 radical (unpaired) electrons. The van der Waals surface area contributed by atoms with Crippen molar-refractivity contribution >= 4 is 5.91 Å². The van der Waals surface area contributed by atoms with E-state index in [1.807, 2.05) is 0 Å². The van der Waals surface area contributed by atoms with Crippen LogP contribution in [0, 0.1) is 0 Å². The van der Waals surface area contributed by atoms with Crippen LogP contribution in [0.5, 0.6) is 5.75 Å². The summed E-state index contributed by atoms with van der Waals surface area (Å²) in [5, 5.41) is 2.60. The standard InChI is InChI=1S/C11H11F2NO3/c12-11(13)17-8-4-2-1-3-7(8)9-5-14-10(15)6-16-9/h1-4,9,11H,5-6H2,(H,14,15). The Balaban J connectivity index is 2.16. The molecule has 1 unspecified atom stereocenters. The first-order valence-electron chi connectivity index (χ1n) is 5.09. The molecule has 17 heavy (non-hydrogen) atoms. The van der Waals surface area contributed by atoms with Gasteiger partial charge >= 0.3 is 6.61 Å². The lowest BCUT2D eigenvalue weighted by Gasteiger charge is -2.25. The molecule has 1 aliphatic heterocycles. The van der Waals surface area contributed by atoms with Crippen LogP contribution in [0.2, 0.25) is 0 Å². The Labute approximate surface area is 96.5 Å². The van der Waals surface area contributed by atoms with Gasteiger partial charge in [-0.1, -0.05) is 18.2 Å². The van der Waals surface area contributed by atoms with Crippen molar-refractivity contribution in [3.8, 4) is 5.75 Å². The van der Waals surface area contributed by atoms with Crippen molar-refractivity contribution in [2.45, 2.75) is 12.7 Å². The quantitative estimate of drug-likeness (QED) is 0.874. The van der Waals surface area contributed by atoms with Crippen molar-refractivity contribution in [3.05, 3.63) is 29.8 Å². The molecule has 0 spiro atoms. The van der Waals surface area contributed by atoms with Crippen LogP contribution >= 0.6 is 0 Å². The molecule has 6 heteroatoms. The second-order valence-corrected chi connectivity index (χ2v) is 3.52. The summed E-state index contributed by atoms with van der Waals surface area (Å²) in [4.78, 5) is 10.9. The SMILES string of the molecule is O=C1COC(c2ccccc2OC(F)F)CN1. The fraction of sp³-hybridized carbons (Fsp3) is 0.364. The van der Waals surface area contributed by atoms with E-state index in [-0.39, 0.29) is 24.8 Å². The van der Waals surface area contributed by atoms with Gasteiger partial charge in [-0.05, 0) is 6.07 Å². The Bertz CT molecular complexity index is 401. The van der Waals surface area contributed by atoms with E-state index in [4.69, 9.17) is 4.74 Å². The minimum absolute atomic E-state index is 0.0728. The van der Waals surface area contributed by atoms with E-state index in [1.165, 1.54) is 6.07 Å². The molecule has 1 atom stereocenters. The molecule has 0 aliphatic carbocycles. The van der Waals surface area contributed by atoms with E-state index < -0.39 is 12.7 Å². The van der Waals surface area contributed by atoms with Gasteiger partial charge in [0.05, 0.1) is 0 Å². The molecule has 1 aliphatic rings. The highest BCUT2D eigenvalue weighted by molar-refractivity contribution is 5.77. The van der Waals surface area contributed by atoms with Crippen LogP contribution in [-0.2, 0) is 9.53 Å². The first-order chi connectivity index (χ1) is 8.16. The average Bonchev–Trinajstić information content (AvgIpc) is 2.30. The normalized spacial score (nSPS) is 20.2. The third-order valence-electron chi connectivity index (χ3n) is 2.38. The van der Waals surface area contributed by atoms with Crippen molar-refractivity contribution in [3.63, 3.8) is 0 Å². The summed E-state index contributed by atoms with van der Waals surface area (Å²) in [5.74, 6) is -0.142. The van der Waals surface area contributed by atoms with Gasteiger partial charge in [0.15, 0.2) is 0 Å². The predicted octanol–water partition coefficient (Wildman–Crippen LogP) is 1.48. The zero-order valence-corrected chi connectivity index (χ0v) is 8.86.